The minimum absolute atomic E-state index is 0.144. The van der Waals surface area contributed by atoms with Crippen LogP contribution >= 0.6 is 11.6 Å². The molecule has 1 N–H and O–H groups in total. The molecule has 1 atom stereocenters. The van der Waals surface area contributed by atoms with E-state index in [-0.39, 0.29) is 23.9 Å². The molecule has 0 aromatic heterocycles. The van der Waals surface area contributed by atoms with Crippen molar-refractivity contribution in [3.05, 3.63) is 59.1 Å². The molecule has 0 radical (unpaired) electrons. The Balaban J connectivity index is 2.40. The van der Waals surface area contributed by atoms with Gasteiger partial charge < -0.3 is 15.0 Å². The number of rotatable bonds is 10. The fourth-order valence-electron chi connectivity index (χ4n) is 3.50. The molecule has 0 fully saturated rings. The SMILES string of the molecule is COc1ccc(Cl)cc1N(CC(=O)N(CCc1ccccc1)C(C)C(=O)NC(C)(C)C)S(C)(=O)=O. The molecule has 0 saturated carbocycles. The quantitative estimate of drug-likeness (QED) is 0.514. The number of benzene rings is 2. The number of hydrogen-bond donors (Lipinski definition) is 1. The van der Waals surface area contributed by atoms with Crippen molar-refractivity contribution in [2.24, 2.45) is 0 Å². The normalized spacial score (nSPS) is 12.5. The van der Waals surface area contributed by atoms with Crippen LogP contribution in [0.4, 0.5) is 5.69 Å². The van der Waals surface area contributed by atoms with Gasteiger partial charge in [0.2, 0.25) is 21.8 Å². The smallest absolute Gasteiger partial charge is 0.244 e. The molecular weight excluding hydrogens is 490 g/mol. The first-order chi connectivity index (χ1) is 16.2. The zero-order valence-corrected chi connectivity index (χ0v) is 22.6. The summed E-state index contributed by atoms with van der Waals surface area (Å²) in [4.78, 5) is 27.9. The van der Waals surface area contributed by atoms with E-state index in [4.69, 9.17) is 16.3 Å². The van der Waals surface area contributed by atoms with Crippen molar-refractivity contribution in [3.63, 3.8) is 0 Å². The summed E-state index contributed by atoms with van der Waals surface area (Å²) in [6, 6.07) is 13.3. The Bertz CT molecular complexity index is 1130. The Hall–Kier alpha value is -2.78. The zero-order valence-electron chi connectivity index (χ0n) is 21.0. The molecule has 0 aliphatic carbocycles. The molecule has 0 spiro atoms. The second-order valence-electron chi connectivity index (χ2n) is 9.32. The zero-order chi connectivity index (χ0) is 26.4. The van der Waals surface area contributed by atoms with E-state index >= 15 is 0 Å². The number of anilines is 1. The van der Waals surface area contributed by atoms with Crippen molar-refractivity contribution in [3.8, 4) is 5.75 Å². The molecule has 8 nitrogen and oxygen atoms in total. The predicted octanol–water partition coefficient (Wildman–Crippen LogP) is 3.49. The van der Waals surface area contributed by atoms with E-state index < -0.39 is 34.1 Å². The van der Waals surface area contributed by atoms with Gasteiger partial charge in [-0.2, -0.15) is 0 Å². The highest BCUT2D eigenvalue weighted by Crippen LogP contribution is 2.32. The molecule has 0 aliphatic heterocycles. The highest BCUT2D eigenvalue weighted by atomic mass is 35.5. The number of hydrogen-bond acceptors (Lipinski definition) is 5. The van der Waals surface area contributed by atoms with Gasteiger partial charge in [-0.05, 0) is 57.9 Å². The van der Waals surface area contributed by atoms with Gasteiger partial charge in [-0.15, -0.1) is 0 Å². The number of ether oxygens (including phenoxy) is 1. The first kappa shape index (κ1) is 28.5. The maximum absolute atomic E-state index is 13.6. The Kier molecular flexibility index (Phi) is 9.57. The van der Waals surface area contributed by atoms with Crippen molar-refractivity contribution in [2.75, 3.05) is 30.8 Å². The molecule has 0 bridgehead atoms. The summed E-state index contributed by atoms with van der Waals surface area (Å²) in [7, 11) is -2.49. The summed E-state index contributed by atoms with van der Waals surface area (Å²) in [5.41, 5.74) is 0.641. The van der Waals surface area contributed by atoms with Gasteiger partial charge in [-0.25, -0.2) is 8.42 Å². The molecule has 0 heterocycles. The van der Waals surface area contributed by atoms with Gasteiger partial charge in [0.05, 0.1) is 19.1 Å². The highest BCUT2D eigenvalue weighted by molar-refractivity contribution is 7.92. The van der Waals surface area contributed by atoms with Gasteiger partial charge in [-0.3, -0.25) is 13.9 Å². The van der Waals surface area contributed by atoms with Crippen LogP contribution in [0.15, 0.2) is 48.5 Å². The minimum atomic E-state index is -3.89. The average molecular weight is 524 g/mol. The van der Waals surface area contributed by atoms with Gasteiger partial charge in [0, 0.05) is 17.1 Å². The van der Waals surface area contributed by atoms with Crippen LogP contribution < -0.4 is 14.4 Å². The second-order valence-corrected chi connectivity index (χ2v) is 11.7. The summed E-state index contributed by atoms with van der Waals surface area (Å²) in [5.74, 6) is -0.600. The van der Waals surface area contributed by atoms with E-state index in [1.807, 2.05) is 51.1 Å². The van der Waals surface area contributed by atoms with Crippen LogP contribution in [0.5, 0.6) is 5.75 Å². The molecule has 2 rings (SSSR count). The fraction of sp³-hybridized carbons (Fsp3) is 0.440. The van der Waals surface area contributed by atoms with Crippen LogP contribution in [0.2, 0.25) is 5.02 Å². The molecule has 2 aromatic rings. The third-order valence-corrected chi connectivity index (χ3v) is 6.60. The van der Waals surface area contributed by atoms with E-state index in [9.17, 15) is 18.0 Å². The lowest BCUT2D eigenvalue weighted by molar-refractivity contribution is -0.139. The first-order valence-corrected chi connectivity index (χ1v) is 13.4. The van der Waals surface area contributed by atoms with Gasteiger partial charge >= 0.3 is 0 Å². The summed E-state index contributed by atoms with van der Waals surface area (Å²) in [6.45, 7) is 6.90. The van der Waals surface area contributed by atoms with Crippen molar-refractivity contribution >= 4 is 39.1 Å². The van der Waals surface area contributed by atoms with Crippen molar-refractivity contribution in [1.29, 1.82) is 0 Å². The molecule has 35 heavy (non-hydrogen) atoms. The van der Waals surface area contributed by atoms with E-state index in [1.54, 1.807) is 13.0 Å². The van der Waals surface area contributed by atoms with Crippen LogP contribution in [0.3, 0.4) is 0 Å². The fourth-order valence-corrected chi connectivity index (χ4v) is 4.51. The van der Waals surface area contributed by atoms with Crippen molar-refractivity contribution in [1.82, 2.24) is 10.2 Å². The summed E-state index contributed by atoms with van der Waals surface area (Å²) < 4.78 is 31.7. The number of nitrogens with one attached hydrogen (secondary N) is 1. The Morgan fingerprint density at radius 3 is 2.29 bits per heavy atom. The molecule has 0 saturated heterocycles. The molecule has 0 aliphatic rings. The first-order valence-electron chi connectivity index (χ1n) is 11.2. The highest BCUT2D eigenvalue weighted by Gasteiger charge is 2.32. The molecule has 2 amide bonds. The maximum atomic E-state index is 13.6. The molecule has 10 heteroatoms. The average Bonchev–Trinajstić information content (AvgIpc) is 2.76. The van der Waals surface area contributed by atoms with Crippen LogP contribution in [0.25, 0.3) is 0 Å². The van der Waals surface area contributed by atoms with E-state index in [1.165, 1.54) is 24.1 Å². The summed E-state index contributed by atoms with van der Waals surface area (Å²) >= 11 is 6.11. The van der Waals surface area contributed by atoms with Crippen LogP contribution in [-0.4, -0.2) is 63.2 Å². The van der Waals surface area contributed by atoms with E-state index in [2.05, 4.69) is 5.32 Å². The van der Waals surface area contributed by atoms with Gasteiger partial charge in [0.1, 0.15) is 18.3 Å². The lowest BCUT2D eigenvalue weighted by atomic mass is 10.1. The lowest BCUT2D eigenvalue weighted by Gasteiger charge is -2.33. The van der Waals surface area contributed by atoms with E-state index in [0.29, 0.717) is 11.4 Å². The van der Waals surface area contributed by atoms with Crippen molar-refractivity contribution in [2.45, 2.75) is 45.7 Å². The number of sulfonamides is 1. The third kappa shape index (κ3) is 8.43. The van der Waals surface area contributed by atoms with Crippen LogP contribution in [-0.2, 0) is 26.0 Å². The molecule has 1 unspecified atom stereocenters. The Morgan fingerprint density at radius 2 is 1.74 bits per heavy atom. The van der Waals surface area contributed by atoms with Gasteiger partial charge in [0.15, 0.2) is 0 Å². The van der Waals surface area contributed by atoms with E-state index in [0.717, 1.165) is 16.1 Å². The largest absolute Gasteiger partial charge is 0.495 e. The predicted molar refractivity (Wildman–Crippen MR) is 139 cm³/mol. The van der Waals surface area contributed by atoms with Gasteiger partial charge in [-0.1, -0.05) is 41.9 Å². The lowest BCUT2D eigenvalue weighted by Crippen LogP contribution is -2.55. The molecule has 192 valence electrons. The summed E-state index contributed by atoms with van der Waals surface area (Å²) in [6.07, 6.45) is 1.50. The number of carbonyl (C=O) groups is 2. The number of carbonyl (C=O) groups excluding carboxylic acids is 2. The Labute approximate surface area is 213 Å². The number of amides is 2. The Morgan fingerprint density at radius 1 is 1.11 bits per heavy atom. The number of nitrogens with zero attached hydrogens (tertiary/aromatic N) is 2. The van der Waals surface area contributed by atoms with Gasteiger partial charge in [0.25, 0.3) is 0 Å². The van der Waals surface area contributed by atoms with Crippen LogP contribution in [0.1, 0.15) is 33.3 Å². The third-order valence-electron chi connectivity index (χ3n) is 5.24. The topological polar surface area (TPSA) is 96.0 Å². The number of methoxy groups -OCH3 is 1. The molecule has 2 aromatic carbocycles. The molecular formula is C25H34ClN3O5S. The van der Waals surface area contributed by atoms with Crippen LogP contribution in [0, 0.1) is 0 Å². The number of halogens is 1. The monoisotopic (exact) mass is 523 g/mol. The van der Waals surface area contributed by atoms with Crippen molar-refractivity contribution < 1.29 is 22.7 Å². The minimum Gasteiger partial charge on any atom is -0.495 e. The maximum Gasteiger partial charge on any atom is 0.244 e. The second kappa shape index (κ2) is 11.8. The summed E-state index contributed by atoms with van der Waals surface area (Å²) in [5, 5.41) is 3.18. The standard InChI is InChI=1S/C25H34ClN3O5S/c1-18(24(31)27-25(2,3)4)28(15-14-19-10-8-7-9-11-19)23(30)17-29(35(6,32)33)21-16-20(26)12-13-22(21)34-5/h7-13,16,18H,14-15,17H2,1-6H3,(H,27,31).